The summed E-state index contributed by atoms with van der Waals surface area (Å²) in [6.45, 7) is 2.27. The molecule has 0 radical (unpaired) electrons. The molecule has 3 heteroatoms. The molecule has 98 valence electrons. The zero-order valence-corrected chi connectivity index (χ0v) is 11.9. The lowest BCUT2D eigenvalue weighted by molar-refractivity contribution is 0.433. The summed E-state index contributed by atoms with van der Waals surface area (Å²) in [7, 11) is 0. The maximum Gasteiger partial charge on any atom is 0.0605 e. The average Bonchev–Trinajstić information content (AvgIpc) is 2.99. The molecule has 1 saturated carbocycles. The fourth-order valence-electron chi connectivity index (χ4n) is 3.34. The van der Waals surface area contributed by atoms with E-state index in [1.165, 1.54) is 49.1 Å². The van der Waals surface area contributed by atoms with Crippen LogP contribution in [0.1, 0.15) is 49.9 Å². The lowest BCUT2D eigenvalue weighted by Gasteiger charge is -2.19. The van der Waals surface area contributed by atoms with Crippen LogP contribution >= 0.6 is 11.8 Å². The number of nitrogens with one attached hydrogen (secondary N) is 1. The van der Waals surface area contributed by atoms with Gasteiger partial charge in [-0.25, -0.2) is 0 Å². The average molecular weight is 262 g/mol. The van der Waals surface area contributed by atoms with Gasteiger partial charge in [0, 0.05) is 17.5 Å². The summed E-state index contributed by atoms with van der Waals surface area (Å²) in [6, 6.07) is 5.52. The van der Waals surface area contributed by atoms with Gasteiger partial charge in [-0.3, -0.25) is 4.98 Å². The second-order valence-electron chi connectivity index (χ2n) is 5.39. The molecule has 0 bridgehead atoms. The lowest BCUT2D eigenvalue weighted by Crippen LogP contribution is -2.30. The van der Waals surface area contributed by atoms with Gasteiger partial charge in [-0.05, 0) is 49.5 Å². The van der Waals surface area contributed by atoms with Crippen LogP contribution in [0.25, 0.3) is 0 Å². The molecular formula is C15H22N2S. The Hall–Kier alpha value is -0.540. The number of hydrogen-bond donors (Lipinski definition) is 1. The van der Waals surface area contributed by atoms with E-state index in [9.17, 15) is 0 Å². The zero-order valence-electron chi connectivity index (χ0n) is 11.1. The topological polar surface area (TPSA) is 24.9 Å². The molecule has 1 N–H and O–H groups in total. The van der Waals surface area contributed by atoms with Crippen LogP contribution in [0.2, 0.25) is 0 Å². The van der Waals surface area contributed by atoms with Gasteiger partial charge >= 0.3 is 0 Å². The molecule has 0 amide bonds. The third-order valence-electron chi connectivity index (χ3n) is 4.18. The molecule has 1 aromatic heterocycles. The molecule has 0 aliphatic heterocycles. The number of pyridine rings is 1. The molecule has 2 aliphatic rings. The van der Waals surface area contributed by atoms with Gasteiger partial charge in [-0.15, -0.1) is 0 Å². The molecule has 3 rings (SSSR count). The molecule has 18 heavy (non-hydrogen) atoms. The second-order valence-corrected chi connectivity index (χ2v) is 6.97. The van der Waals surface area contributed by atoms with Crippen molar-refractivity contribution in [2.45, 2.75) is 56.4 Å². The Labute approximate surface area is 114 Å². The van der Waals surface area contributed by atoms with E-state index in [1.807, 2.05) is 6.20 Å². The van der Waals surface area contributed by atoms with E-state index in [4.69, 9.17) is 0 Å². The molecule has 1 heterocycles. The highest BCUT2D eigenvalue weighted by Crippen LogP contribution is 2.34. The smallest absolute Gasteiger partial charge is 0.0605 e. The third kappa shape index (κ3) is 2.57. The Morgan fingerprint density at radius 1 is 1.39 bits per heavy atom. The van der Waals surface area contributed by atoms with Gasteiger partial charge in [0.25, 0.3) is 0 Å². The highest BCUT2D eigenvalue weighted by atomic mass is 32.2. The molecule has 1 fully saturated rings. The number of thioether (sulfide) groups is 1. The Kier molecular flexibility index (Phi) is 3.90. The number of rotatable bonds is 4. The van der Waals surface area contributed by atoms with E-state index < -0.39 is 0 Å². The fraction of sp³-hybridized carbons (Fsp3) is 0.667. The number of hydrogen-bond acceptors (Lipinski definition) is 3. The summed E-state index contributed by atoms with van der Waals surface area (Å²) >= 11 is 2.13. The molecule has 2 aliphatic carbocycles. The number of aryl methyl sites for hydroxylation is 1. The molecule has 2 nitrogen and oxygen atoms in total. The summed E-state index contributed by atoms with van der Waals surface area (Å²) in [4.78, 5) is 4.57. The Balaban J connectivity index is 1.59. The van der Waals surface area contributed by atoms with Crippen LogP contribution in [0.15, 0.2) is 18.3 Å². The minimum absolute atomic E-state index is 0.511. The quantitative estimate of drug-likeness (QED) is 0.901. The zero-order chi connectivity index (χ0) is 12.4. The summed E-state index contributed by atoms with van der Waals surface area (Å²) in [5.41, 5.74) is 2.76. The molecular weight excluding hydrogens is 240 g/mol. The van der Waals surface area contributed by atoms with Crippen molar-refractivity contribution in [3.63, 3.8) is 0 Å². The van der Waals surface area contributed by atoms with Gasteiger partial charge in [0.2, 0.25) is 0 Å². The Morgan fingerprint density at radius 3 is 3.22 bits per heavy atom. The van der Waals surface area contributed by atoms with Crippen molar-refractivity contribution in [1.29, 1.82) is 0 Å². The van der Waals surface area contributed by atoms with Gasteiger partial charge in [-0.1, -0.05) is 13.0 Å². The summed E-state index contributed by atoms with van der Waals surface area (Å²) in [5, 5.41) is 4.73. The van der Waals surface area contributed by atoms with Crippen molar-refractivity contribution in [3.8, 4) is 0 Å². The first kappa shape index (κ1) is 12.5. The van der Waals surface area contributed by atoms with Crippen LogP contribution in [-0.4, -0.2) is 22.0 Å². The van der Waals surface area contributed by atoms with Crippen LogP contribution < -0.4 is 5.32 Å². The molecule has 1 aromatic rings. The van der Waals surface area contributed by atoms with Crippen molar-refractivity contribution in [2.75, 3.05) is 5.75 Å². The van der Waals surface area contributed by atoms with Gasteiger partial charge in [0.1, 0.15) is 0 Å². The first-order valence-electron chi connectivity index (χ1n) is 7.18. The maximum atomic E-state index is 4.57. The van der Waals surface area contributed by atoms with Crippen molar-refractivity contribution in [2.24, 2.45) is 0 Å². The molecule has 0 saturated heterocycles. The lowest BCUT2D eigenvalue weighted by atomic mass is 10.1. The highest BCUT2D eigenvalue weighted by molar-refractivity contribution is 7.99. The van der Waals surface area contributed by atoms with Crippen molar-refractivity contribution >= 4 is 11.8 Å². The monoisotopic (exact) mass is 262 g/mol. The van der Waals surface area contributed by atoms with E-state index >= 15 is 0 Å². The van der Waals surface area contributed by atoms with Crippen molar-refractivity contribution in [3.05, 3.63) is 29.6 Å². The number of aromatic nitrogens is 1. The number of fused-ring (bicyclic) bond motifs is 1. The molecule has 0 aromatic carbocycles. The van der Waals surface area contributed by atoms with Crippen LogP contribution in [0.5, 0.6) is 0 Å². The van der Waals surface area contributed by atoms with Crippen LogP contribution in [0.3, 0.4) is 0 Å². The van der Waals surface area contributed by atoms with Crippen molar-refractivity contribution in [1.82, 2.24) is 10.3 Å². The van der Waals surface area contributed by atoms with Crippen LogP contribution in [0, 0.1) is 0 Å². The first-order chi connectivity index (χ1) is 8.86. The molecule has 0 spiro atoms. The summed E-state index contributed by atoms with van der Waals surface area (Å²) in [6.07, 6.45) is 8.43. The van der Waals surface area contributed by atoms with Gasteiger partial charge in [0.05, 0.1) is 11.7 Å². The maximum absolute atomic E-state index is 4.57. The number of nitrogens with zero attached hydrogens (tertiary/aromatic N) is 1. The Bertz CT molecular complexity index is 407. The second kappa shape index (κ2) is 5.62. The van der Waals surface area contributed by atoms with E-state index in [2.05, 4.69) is 41.1 Å². The van der Waals surface area contributed by atoms with Crippen molar-refractivity contribution < 1.29 is 0 Å². The Morgan fingerprint density at radius 2 is 2.33 bits per heavy atom. The summed E-state index contributed by atoms with van der Waals surface area (Å²) < 4.78 is 0. The molecule has 3 unspecified atom stereocenters. The predicted molar refractivity (Wildman–Crippen MR) is 78.0 cm³/mol. The largest absolute Gasteiger partial charge is 0.306 e. The normalized spacial score (nSPS) is 30.6. The van der Waals surface area contributed by atoms with E-state index in [0.29, 0.717) is 12.1 Å². The predicted octanol–water partition coefficient (Wildman–Crippen LogP) is 3.33. The minimum atomic E-state index is 0.511. The third-order valence-corrected chi connectivity index (χ3v) is 5.42. The van der Waals surface area contributed by atoms with E-state index in [-0.39, 0.29) is 0 Å². The first-order valence-corrected chi connectivity index (χ1v) is 8.23. The van der Waals surface area contributed by atoms with Crippen LogP contribution in [0.4, 0.5) is 0 Å². The van der Waals surface area contributed by atoms with E-state index in [0.717, 1.165) is 5.25 Å². The van der Waals surface area contributed by atoms with Gasteiger partial charge in [0.15, 0.2) is 0 Å². The van der Waals surface area contributed by atoms with Gasteiger partial charge < -0.3 is 5.32 Å². The van der Waals surface area contributed by atoms with Crippen LogP contribution in [-0.2, 0) is 6.42 Å². The van der Waals surface area contributed by atoms with E-state index in [1.54, 1.807) is 0 Å². The standard InChI is InChI=1S/C15H22N2S/c1-2-18-13-7-6-12(10-13)17-14-8-5-11-4-3-9-16-15(11)14/h3-4,9,12-14,17H,2,5-8,10H2,1H3. The summed E-state index contributed by atoms with van der Waals surface area (Å²) in [5.74, 6) is 1.26. The van der Waals surface area contributed by atoms with Gasteiger partial charge in [-0.2, -0.15) is 11.8 Å². The fourth-order valence-corrected chi connectivity index (χ4v) is 4.48. The minimum Gasteiger partial charge on any atom is -0.306 e. The SMILES string of the molecule is CCSC1CCC(NC2CCc3cccnc32)C1. The highest BCUT2D eigenvalue weighted by Gasteiger charge is 2.30. The molecule has 3 atom stereocenters.